The van der Waals surface area contributed by atoms with Crippen LogP contribution in [0.2, 0.25) is 0 Å². The fourth-order valence-corrected chi connectivity index (χ4v) is 2.25. The van der Waals surface area contributed by atoms with E-state index in [2.05, 4.69) is 4.74 Å². The predicted octanol–water partition coefficient (Wildman–Crippen LogP) is 3.05. The molecule has 1 aromatic carbocycles. The lowest BCUT2D eigenvalue weighted by Gasteiger charge is -2.17. The van der Waals surface area contributed by atoms with Crippen LogP contribution in [0.3, 0.4) is 0 Å². The van der Waals surface area contributed by atoms with E-state index in [9.17, 15) is 22.4 Å². The van der Waals surface area contributed by atoms with Crippen LogP contribution in [0.5, 0.6) is 11.5 Å². The van der Waals surface area contributed by atoms with E-state index in [4.69, 9.17) is 9.84 Å². The van der Waals surface area contributed by atoms with Crippen molar-refractivity contribution in [1.82, 2.24) is 4.90 Å². The van der Waals surface area contributed by atoms with Crippen LogP contribution < -0.4 is 9.47 Å². The molecule has 22 heavy (non-hydrogen) atoms. The van der Waals surface area contributed by atoms with Gasteiger partial charge in [-0.05, 0) is 24.3 Å². The van der Waals surface area contributed by atoms with Crippen LogP contribution in [-0.2, 0) is 0 Å². The highest BCUT2D eigenvalue weighted by Crippen LogP contribution is 2.27. The van der Waals surface area contributed by atoms with Crippen molar-refractivity contribution in [3.05, 3.63) is 24.3 Å². The second-order valence-electron chi connectivity index (χ2n) is 4.74. The summed E-state index contributed by atoms with van der Waals surface area (Å²) in [7, 11) is 0. The smallest absolute Gasteiger partial charge is 0.488 e. The average Bonchev–Trinajstić information content (AvgIpc) is 2.82. The lowest BCUT2D eigenvalue weighted by Crippen LogP contribution is -2.36. The maximum atomic E-state index is 12.7. The van der Waals surface area contributed by atoms with Gasteiger partial charge >= 0.3 is 12.5 Å². The molecular weight excluding hydrogens is 310 g/mol. The van der Waals surface area contributed by atoms with E-state index in [0.717, 1.165) is 17.0 Å². The van der Waals surface area contributed by atoms with Crippen molar-refractivity contribution in [2.24, 2.45) is 0 Å². The van der Waals surface area contributed by atoms with Gasteiger partial charge in [-0.3, -0.25) is 4.90 Å². The predicted molar refractivity (Wildman–Crippen MR) is 66.7 cm³/mol. The van der Waals surface area contributed by atoms with Crippen molar-refractivity contribution in [3.8, 4) is 11.5 Å². The first-order valence-electron chi connectivity index (χ1n) is 6.36. The molecule has 122 valence electrons. The molecule has 0 bridgehead atoms. The van der Waals surface area contributed by atoms with Gasteiger partial charge in [0, 0.05) is 6.42 Å². The van der Waals surface area contributed by atoms with Gasteiger partial charge in [0.25, 0.3) is 0 Å². The number of nitrogens with zero attached hydrogens (tertiary/aromatic N) is 1. The Bertz CT molecular complexity index is 520. The van der Waals surface area contributed by atoms with Crippen LogP contribution in [0.25, 0.3) is 0 Å². The van der Waals surface area contributed by atoms with Crippen molar-refractivity contribution in [3.63, 3.8) is 0 Å². The first kappa shape index (κ1) is 16.2. The van der Waals surface area contributed by atoms with Crippen molar-refractivity contribution in [1.29, 1.82) is 0 Å². The molecule has 1 saturated heterocycles. The van der Waals surface area contributed by atoms with Crippen LogP contribution in [-0.4, -0.2) is 47.8 Å². The first-order chi connectivity index (χ1) is 10.3. The third-order valence-electron chi connectivity index (χ3n) is 3.16. The number of amides is 1. The molecule has 2 rings (SSSR count). The van der Waals surface area contributed by atoms with E-state index in [1.807, 2.05) is 0 Å². The normalized spacial score (nSPS) is 21.7. The van der Waals surface area contributed by atoms with Crippen molar-refractivity contribution in [2.45, 2.75) is 24.9 Å². The van der Waals surface area contributed by atoms with Crippen molar-refractivity contribution in [2.75, 3.05) is 13.2 Å². The largest absolute Gasteiger partial charge is 0.573 e. The topological polar surface area (TPSA) is 59.0 Å². The first-order valence-corrected chi connectivity index (χ1v) is 6.36. The monoisotopic (exact) mass is 323 g/mol. The molecule has 0 aliphatic carbocycles. The fourth-order valence-electron chi connectivity index (χ4n) is 2.25. The Balaban J connectivity index is 1.96. The summed E-state index contributed by atoms with van der Waals surface area (Å²) in [5.74, 6) is -0.135. The molecule has 1 aromatic rings. The van der Waals surface area contributed by atoms with E-state index in [0.29, 0.717) is 0 Å². The Morgan fingerprint density at radius 1 is 1.27 bits per heavy atom. The molecule has 5 nitrogen and oxygen atoms in total. The molecule has 1 aliphatic heterocycles. The number of alkyl halides is 4. The van der Waals surface area contributed by atoms with Gasteiger partial charge < -0.3 is 14.6 Å². The fraction of sp³-hybridized carbons (Fsp3) is 0.462. The number of hydrogen-bond donors (Lipinski definition) is 1. The van der Waals surface area contributed by atoms with E-state index >= 15 is 0 Å². The standard InChI is InChI=1S/C13H13F4NO4/c14-6-8-5-11(7-18(8)12(19)20)21-9-1-3-10(4-2-9)22-13(15,16)17/h1-4,8,11H,5-7H2,(H,19,20)/t8-,11-/m0/s1. The maximum Gasteiger partial charge on any atom is 0.573 e. The quantitative estimate of drug-likeness (QED) is 0.865. The number of benzene rings is 1. The van der Waals surface area contributed by atoms with Gasteiger partial charge in [0.05, 0.1) is 12.6 Å². The van der Waals surface area contributed by atoms with Gasteiger partial charge in [-0.2, -0.15) is 0 Å². The Labute approximate surface area is 123 Å². The second-order valence-corrected chi connectivity index (χ2v) is 4.74. The minimum atomic E-state index is -4.77. The highest BCUT2D eigenvalue weighted by molar-refractivity contribution is 5.66. The number of halogens is 4. The molecule has 1 amide bonds. The highest BCUT2D eigenvalue weighted by Gasteiger charge is 2.36. The molecule has 0 spiro atoms. The zero-order valence-electron chi connectivity index (χ0n) is 11.2. The SMILES string of the molecule is O=C(O)N1C[C@@H](Oc2ccc(OC(F)(F)F)cc2)C[C@H]1CF. The second kappa shape index (κ2) is 6.29. The van der Waals surface area contributed by atoms with E-state index in [1.165, 1.54) is 12.1 Å². The Morgan fingerprint density at radius 3 is 2.32 bits per heavy atom. The van der Waals surface area contributed by atoms with Crippen LogP contribution in [0.1, 0.15) is 6.42 Å². The molecule has 0 saturated carbocycles. The summed E-state index contributed by atoms with van der Waals surface area (Å²) in [6, 6.07) is 3.94. The molecule has 1 N–H and O–H groups in total. The Kier molecular flexibility index (Phi) is 4.62. The van der Waals surface area contributed by atoms with Crippen molar-refractivity contribution < 1.29 is 36.9 Å². The number of ether oxygens (including phenoxy) is 2. The van der Waals surface area contributed by atoms with Crippen LogP contribution in [0.4, 0.5) is 22.4 Å². The van der Waals surface area contributed by atoms with Crippen LogP contribution >= 0.6 is 0 Å². The Morgan fingerprint density at radius 2 is 1.86 bits per heavy atom. The third kappa shape index (κ3) is 4.15. The van der Waals surface area contributed by atoms with Gasteiger partial charge in [0.2, 0.25) is 0 Å². The zero-order chi connectivity index (χ0) is 16.3. The third-order valence-corrected chi connectivity index (χ3v) is 3.16. The lowest BCUT2D eigenvalue weighted by molar-refractivity contribution is -0.274. The summed E-state index contributed by atoms with van der Waals surface area (Å²) in [4.78, 5) is 11.9. The molecule has 0 radical (unpaired) electrons. The van der Waals surface area contributed by atoms with Crippen LogP contribution in [0.15, 0.2) is 24.3 Å². The van der Waals surface area contributed by atoms with Gasteiger partial charge in [0.15, 0.2) is 0 Å². The molecule has 1 heterocycles. The molecular formula is C13H13F4NO4. The van der Waals surface area contributed by atoms with Gasteiger partial charge in [-0.25, -0.2) is 9.18 Å². The summed E-state index contributed by atoms with van der Waals surface area (Å²) >= 11 is 0. The summed E-state index contributed by atoms with van der Waals surface area (Å²) in [5.41, 5.74) is 0. The van der Waals surface area contributed by atoms with Crippen LogP contribution in [0, 0.1) is 0 Å². The van der Waals surface area contributed by atoms with Gasteiger partial charge in [-0.15, -0.1) is 13.2 Å². The number of rotatable bonds is 4. The minimum absolute atomic E-state index is 0.00469. The molecule has 0 aromatic heterocycles. The molecule has 2 atom stereocenters. The number of likely N-dealkylation sites (tertiary alicyclic amines) is 1. The highest BCUT2D eigenvalue weighted by atomic mass is 19.4. The van der Waals surface area contributed by atoms with E-state index in [-0.39, 0.29) is 24.5 Å². The van der Waals surface area contributed by atoms with E-state index < -0.39 is 31.3 Å². The summed E-state index contributed by atoms with van der Waals surface area (Å²) in [6.07, 6.45) is -6.37. The number of carbonyl (C=O) groups is 1. The number of hydrogen-bond acceptors (Lipinski definition) is 3. The summed E-state index contributed by atoms with van der Waals surface area (Å²) in [6.45, 7) is -0.810. The number of carboxylic acid groups (broad SMARTS) is 1. The average molecular weight is 323 g/mol. The van der Waals surface area contributed by atoms with Gasteiger partial charge in [0.1, 0.15) is 24.3 Å². The summed E-state index contributed by atoms with van der Waals surface area (Å²) < 4.78 is 58.0. The van der Waals surface area contributed by atoms with E-state index in [1.54, 1.807) is 0 Å². The molecule has 0 unspecified atom stereocenters. The van der Waals surface area contributed by atoms with Crippen molar-refractivity contribution >= 4 is 6.09 Å². The lowest BCUT2D eigenvalue weighted by atomic mass is 10.2. The zero-order valence-corrected chi connectivity index (χ0v) is 11.2. The van der Waals surface area contributed by atoms with Gasteiger partial charge in [-0.1, -0.05) is 0 Å². The maximum absolute atomic E-state index is 12.7. The Hall–Kier alpha value is -2.19. The summed E-state index contributed by atoms with van der Waals surface area (Å²) in [5, 5.41) is 8.92. The molecule has 9 heteroatoms. The molecule has 1 aliphatic rings. The molecule has 1 fully saturated rings. The minimum Gasteiger partial charge on any atom is -0.488 e.